The zero-order valence-corrected chi connectivity index (χ0v) is 9.58. The van der Waals surface area contributed by atoms with Crippen LogP contribution in [-0.2, 0) is 6.18 Å². The zero-order valence-electron chi connectivity index (χ0n) is 9.58. The number of amides is 2. The monoisotopic (exact) mass is 262 g/mol. The first-order valence-electron chi connectivity index (χ1n) is 5.19. The first-order chi connectivity index (χ1) is 8.34. The number of benzene rings is 1. The first kappa shape index (κ1) is 14.3. The van der Waals surface area contributed by atoms with Crippen LogP contribution in [0.25, 0.3) is 0 Å². The number of anilines is 1. The van der Waals surface area contributed by atoms with E-state index in [0.29, 0.717) is 0 Å². The van der Waals surface area contributed by atoms with Crippen molar-refractivity contribution in [3.8, 4) is 0 Å². The van der Waals surface area contributed by atoms with E-state index in [0.717, 1.165) is 12.1 Å². The zero-order chi connectivity index (χ0) is 13.8. The molecule has 0 radical (unpaired) electrons. The van der Waals surface area contributed by atoms with Crippen LogP contribution in [0, 0.1) is 0 Å². The van der Waals surface area contributed by atoms with Crippen molar-refractivity contribution < 1.29 is 23.1 Å². The molecule has 7 heteroatoms. The van der Waals surface area contributed by atoms with Crippen LogP contribution in [0.5, 0.6) is 0 Å². The summed E-state index contributed by atoms with van der Waals surface area (Å²) in [5.41, 5.74) is -1.25. The highest BCUT2D eigenvalue weighted by atomic mass is 19.4. The van der Waals surface area contributed by atoms with E-state index in [4.69, 9.17) is 5.11 Å². The number of nitrogens with one attached hydrogen (secondary N) is 2. The highest BCUT2D eigenvalue weighted by Crippen LogP contribution is 2.34. The lowest BCUT2D eigenvalue weighted by atomic mass is 10.1. The van der Waals surface area contributed by atoms with E-state index in [-0.39, 0.29) is 12.3 Å². The van der Waals surface area contributed by atoms with E-state index >= 15 is 0 Å². The molecule has 0 aliphatic carbocycles. The fourth-order valence-corrected chi connectivity index (χ4v) is 1.27. The Kier molecular flexibility index (Phi) is 4.55. The molecule has 4 nitrogen and oxygen atoms in total. The maximum atomic E-state index is 12.6. The normalized spacial score (nSPS) is 12.9. The number of rotatable bonds is 3. The van der Waals surface area contributed by atoms with Gasteiger partial charge in [0.05, 0.1) is 23.9 Å². The van der Waals surface area contributed by atoms with Crippen molar-refractivity contribution in [1.82, 2.24) is 5.32 Å². The van der Waals surface area contributed by atoms with Crippen molar-refractivity contribution in [2.24, 2.45) is 0 Å². The van der Waals surface area contributed by atoms with Crippen molar-refractivity contribution in [3.05, 3.63) is 29.8 Å². The summed E-state index contributed by atoms with van der Waals surface area (Å²) in [6.07, 6.45) is -4.54. The Hall–Kier alpha value is -1.76. The van der Waals surface area contributed by atoms with Gasteiger partial charge in [0.2, 0.25) is 0 Å². The summed E-state index contributed by atoms with van der Waals surface area (Å²) < 4.78 is 37.8. The van der Waals surface area contributed by atoms with Gasteiger partial charge in [0.15, 0.2) is 0 Å². The molecule has 18 heavy (non-hydrogen) atoms. The van der Waals surface area contributed by atoms with Crippen LogP contribution in [0.3, 0.4) is 0 Å². The van der Waals surface area contributed by atoms with E-state index in [2.05, 4.69) is 10.6 Å². The van der Waals surface area contributed by atoms with Crippen molar-refractivity contribution in [2.75, 3.05) is 11.9 Å². The second kappa shape index (κ2) is 5.72. The molecule has 0 aliphatic heterocycles. The van der Waals surface area contributed by atoms with Gasteiger partial charge < -0.3 is 15.7 Å². The topological polar surface area (TPSA) is 61.4 Å². The van der Waals surface area contributed by atoms with Gasteiger partial charge in [-0.25, -0.2) is 4.79 Å². The van der Waals surface area contributed by atoms with Gasteiger partial charge in [-0.2, -0.15) is 13.2 Å². The molecular formula is C11H13F3N2O2. The second-order valence-electron chi connectivity index (χ2n) is 3.73. The van der Waals surface area contributed by atoms with E-state index in [9.17, 15) is 18.0 Å². The fraction of sp³-hybridized carbons (Fsp3) is 0.364. The molecular weight excluding hydrogens is 249 g/mol. The first-order valence-corrected chi connectivity index (χ1v) is 5.19. The van der Waals surface area contributed by atoms with Crippen LogP contribution in [0.1, 0.15) is 12.5 Å². The number of aliphatic hydroxyl groups excluding tert-OH is 1. The summed E-state index contributed by atoms with van der Waals surface area (Å²) in [5.74, 6) is 0. The van der Waals surface area contributed by atoms with Gasteiger partial charge in [0.1, 0.15) is 0 Å². The molecule has 0 saturated carbocycles. The summed E-state index contributed by atoms with van der Waals surface area (Å²) in [4.78, 5) is 11.4. The molecule has 0 aliphatic rings. The number of hydrogen-bond donors (Lipinski definition) is 3. The molecule has 3 N–H and O–H groups in total. The number of halogens is 3. The maximum Gasteiger partial charge on any atom is 0.418 e. The van der Waals surface area contributed by atoms with Crippen LogP contribution < -0.4 is 10.6 Å². The predicted octanol–water partition coefficient (Wildman–Crippen LogP) is 2.21. The number of carbonyl (C=O) groups is 1. The summed E-state index contributed by atoms with van der Waals surface area (Å²) >= 11 is 0. The van der Waals surface area contributed by atoms with Crippen LogP contribution in [0.2, 0.25) is 0 Å². The quantitative estimate of drug-likeness (QED) is 0.782. The molecule has 0 heterocycles. The molecule has 2 amide bonds. The third-order valence-corrected chi connectivity index (χ3v) is 2.13. The van der Waals surface area contributed by atoms with Crippen LogP contribution in [0.15, 0.2) is 24.3 Å². The summed E-state index contributed by atoms with van der Waals surface area (Å²) in [7, 11) is 0. The Balaban J connectivity index is 2.82. The molecule has 1 aromatic rings. The molecule has 1 unspecified atom stereocenters. The Morgan fingerprint density at radius 2 is 2.00 bits per heavy atom. The average molecular weight is 262 g/mol. The van der Waals surface area contributed by atoms with E-state index in [1.165, 1.54) is 19.1 Å². The Labute approximate surface area is 102 Å². The van der Waals surface area contributed by atoms with Crippen molar-refractivity contribution in [2.45, 2.75) is 19.1 Å². The SMILES string of the molecule is CC(CO)NC(=O)Nc1ccccc1C(F)(F)F. The summed E-state index contributed by atoms with van der Waals surface area (Å²) in [6, 6.07) is 3.33. The van der Waals surface area contributed by atoms with Crippen molar-refractivity contribution in [3.63, 3.8) is 0 Å². The smallest absolute Gasteiger partial charge is 0.394 e. The highest BCUT2D eigenvalue weighted by molar-refractivity contribution is 5.90. The lowest BCUT2D eigenvalue weighted by Gasteiger charge is -2.15. The number of carbonyl (C=O) groups excluding carboxylic acids is 1. The van der Waals surface area contributed by atoms with Gasteiger partial charge in [0, 0.05) is 0 Å². The lowest BCUT2D eigenvalue weighted by Crippen LogP contribution is -2.38. The van der Waals surface area contributed by atoms with Crippen LogP contribution in [-0.4, -0.2) is 23.8 Å². The highest BCUT2D eigenvalue weighted by Gasteiger charge is 2.33. The molecule has 1 rings (SSSR count). The second-order valence-corrected chi connectivity index (χ2v) is 3.73. The van der Waals surface area contributed by atoms with Crippen LogP contribution in [0.4, 0.5) is 23.7 Å². The summed E-state index contributed by atoms with van der Waals surface area (Å²) in [5, 5.41) is 13.1. The Morgan fingerprint density at radius 1 is 1.39 bits per heavy atom. The van der Waals surface area contributed by atoms with E-state index in [1.54, 1.807) is 0 Å². The number of aliphatic hydroxyl groups is 1. The van der Waals surface area contributed by atoms with Crippen molar-refractivity contribution in [1.29, 1.82) is 0 Å². The molecule has 0 fully saturated rings. The van der Waals surface area contributed by atoms with Gasteiger partial charge in [-0.3, -0.25) is 0 Å². The number of hydrogen-bond acceptors (Lipinski definition) is 2. The molecule has 0 spiro atoms. The Bertz CT molecular complexity index is 421. The van der Waals surface area contributed by atoms with Gasteiger partial charge in [-0.1, -0.05) is 12.1 Å². The van der Waals surface area contributed by atoms with Crippen molar-refractivity contribution >= 4 is 11.7 Å². The molecule has 0 aromatic heterocycles. The molecule has 100 valence electrons. The van der Waals surface area contributed by atoms with E-state index < -0.39 is 23.8 Å². The van der Waals surface area contributed by atoms with E-state index in [1.807, 2.05) is 0 Å². The average Bonchev–Trinajstić information content (AvgIpc) is 2.27. The van der Waals surface area contributed by atoms with Gasteiger partial charge in [-0.05, 0) is 19.1 Å². The Morgan fingerprint density at radius 3 is 2.56 bits per heavy atom. The largest absolute Gasteiger partial charge is 0.418 e. The summed E-state index contributed by atoms with van der Waals surface area (Å²) in [6.45, 7) is 1.23. The third kappa shape index (κ3) is 3.92. The van der Waals surface area contributed by atoms with Gasteiger partial charge >= 0.3 is 12.2 Å². The van der Waals surface area contributed by atoms with Crippen LogP contribution >= 0.6 is 0 Å². The van der Waals surface area contributed by atoms with Gasteiger partial charge in [0.25, 0.3) is 0 Å². The predicted molar refractivity (Wildman–Crippen MR) is 60.1 cm³/mol. The standard InChI is InChI=1S/C11H13F3N2O2/c1-7(6-17)15-10(18)16-9-5-3-2-4-8(9)11(12,13)14/h2-5,7,17H,6H2,1H3,(H2,15,16,18). The van der Waals surface area contributed by atoms with Gasteiger partial charge in [-0.15, -0.1) is 0 Å². The molecule has 0 bridgehead atoms. The fourth-order valence-electron chi connectivity index (χ4n) is 1.27. The molecule has 0 saturated heterocycles. The maximum absolute atomic E-state index is 12.6. The minimum absolute atomic E-state index is 0.297. The number of alkyl halides is 3. The lowest BCUT2D eigenvalue weighted by molar-refractivity contribution is -0.136. The number of urea groups is 1. The third-order valence-electron chi connectivity index (χ3n) is 2.13. The number of para-hydroxylation sites is 1. The minimum atomic E-state index is -4.54. The molecule has 1 aromatic carbocycles. The minimum Gasteiger partial charge on any atom is -0.394 e. The molecule has 1 atom stereocenters.